The second-order valence-electron chi connectivity index (χ2n) is 6.96. The van der Waals surface area contributed by atoms with Crippen molar-refractivity contribution in [2.75, 3.05) is 0 Å². The van der Waals surface area contributed by atoms with Crippen LogP contribution in [0.1, 0.15) is 72.1 Å². The molecule has 2 saturated carbocycles. The molecule has 2 aliphatic carbocycles. The molecule has 94 valence electrons. The summed E-state index contributed by atoms with van der Waals surface area (Å²) in [6.45, 7) is 7.28. The smallest absolute Gasteiger partial charge is 0.00747 e. The van der Waals surface area contributed by atoms with Gasteiger partial charge in [-0.3, -0.25) is 0 Å². The maximum Gasteiger partial charge on any atom is 0.00747 e. The molecule has 0 aromatic carbocycles. The summed E-state index contributed by atoms with van der Waals surface area (Å²) < 4.78 is 0. The van der Waals surface area contributed by atoms with E-state index in [0.29, 0.717) is 5.41 Å². The Morgan fingerprint density at radius 3 is 2.38 bits per heavy atom. The molecule has 2 fully saturated rings. The third kappa shape index (κ3) is 3.23. The SMILES string of the molecule is CC(NC1CCCC(C)(C)C1)C1CCCC1. The van der Waals surface area contributed by atoms with Crippen LogP contribution in [0.25, 0.3) is 0 Å². The van der Waals surface area contributed by atoms with Gasteiger partial charge in [-0.2, -0.15) is 0 Å². The van der Waals surface area contributed by atoms with E-state index >= 15 is 0 Å². The van der Waals surface area contributed by atoms with E-state index in [-0.39, 0.29) is 0 Å². The molecular formula is C15H29N. The summed E-state index contributed by atoms with van der Waals surface area (Å²) in [5, 5.41) is 3.92. The Hall–Kier alpha value is -0.0400. The summed E-state index contributed by atoms with van der Waals surface area (Å²) in [6.07, 6.45) is 11.5. The van der Waals surface area contributed by atoms with Crippen LogP contribution >= 0.6 is 0 Å². The molecule has 0 amide bonds. The Morgan fingerprint density at radius 1 is 1.06 bits per heavy atom. The van der Waals surface area contributed by atoms with Crippen LogP contribution in [0, 0.1) is 11.3 Å². The molecule has 16 heavy (non-hydrogen) atoms. The Morgan fingerprint density at radius 2 is 1.75 bits per heavy atom. The lowest BCUT2D eigenvalue weighted by molar-refractivity contribution is 0.180. The molecule has 0 aliphatic heterocycles. The standard InChI is InChI=1S/C15H29N/c1-12(13-7-4-5-8-13)16-14-9-6-10-15(2,3)11-14/h12-14,16H,4-11H2,1-3H3. The first-order chi connectivity index (χ1) is 7.57. The van der Waals surface area contributed by atoms with E-state index in [4.69, 9.17) is 0 Å². The number of hydrogen-bond acceptors (Lipinski definition) is 1. The molecular weight excluding hydrogens is 194 g/mol. The van der Waals surface area contributed by atoms with Crippen molar-refractivity contribution in [1.29, 1.82) is 0 Å². The fourth-order valence-corrected chi connectivity index (χ4v) is 3.81. The van der Waals surface area contributed by atoms with E-state index in [0.717, 1.165) is 18.0 Å². The molecule has 2 rings (SSSR count). The minimum absolute atomic E-state index is 0.575. The second-order valence-corrected chi connectivity index (χ2v) is 6.96. The predicted octanol–water partition coefficient (Wildman–Crippen LogP) is 4.12. The van der Waals surface area contributed by atoms with Gasteiger partial charge in [0, 0.05) is 12.1 Å². The maximum absolute atomic E-state index is 3.92. The molecule has 0 radical (unpaired) electrons. The van der Waals surface area contributed by atoms with Crippen LogP contribution in [-0.4, -0.2) is 12.1 Å². The zero-order chi connectivity index (χ0) is 11.6. The van der Waals surface area contributed by atoms with Crippen LogP contribution in [0.15, 0.2) is 0 Å². The first-order valence-electron chi connectivity index (χ1n) is 7.33. The molecule has 1 heteroatoms. The van der Waals surface area contributed by atoms with Crippen molar-refractivity contribution in [1.82, 2.24) is 5.32 Å². The van der Waals surface area contributed by atoms with E-state index in [1.54, 1.807) is 0 Å². The third-order valence-corrected chi connectivity index (χ3v) is 4.81. The van der Waals surface area contributed by atoms with Crippen molar-refractivity contribution >= 4 is 0 Å². The summed E-state index contributed by atoms with van der Waals surface area (Å²) in [4.78, 5) is 0. The summed E-state index contributed by atoms with van der Waals surface area (Å²) in [6, 6.07) is 1.54. The highest BCUT2D eigenvalue weighted by Crippen LogP contribution is 2.36. The van der Waals surface area contributed by atoms with Gasteiger partial charge in [0.1, 0.15) is 0 Å². The van der Waals surface area contributed by atoms with Crippen molar-refractivity contribution < 1.29 is 0 Å². The predicted molar refractivity (Wildman–Crippen MR) is 70.6 cm³/mol. The lowest BCUT2D eigenvalue weighted by Gasteiger charge is -2.38. The number of rotatable bonds is 3. The third-order valence-electron chi connectivity index (χ3n) is 4.81. The monoisotopic (exact) mass is 223 g/mol. The van der Waals surface area contributed by atoms with Gasteiger partial charge >= 0.3 is 0 Å². The van der Waals surface area contributed by atoms with Gasteiger partial charge in [0.15, 0.2) is 0 Å². The van der Waals surface area contributed by atoms with Crippen LogP contribution in [-0.2, 0) is 0 Å². The van der Waals surface area contributed by atoms with Crippen LogP contribution in [0.2, 0.25) is 0 Å². The van der Waals surface area contributed by atoms with Gasteiger partial charge in [0.05, 0.1) is 0 Å². The molecule has 0 aromatic rings. The first-order valence-corrected chi connectivity index (χ1v) is 7.33. The van der Waals surface area contributed by atoms with E-state index < -0.39 is 0 Å². The largest absolute Gasteiger partial charge is 0.311 e. The molecule has 2 aliphatic rings. The molecule has 1 nitrogen and oxygen atoms in total. The van der Waals surface area contributed by atoms with Gasteiger partial charge in [-0.25, -0.2) is 0 Å². The maximum atomic E-state index is 3.92. The van der Waals surface area contributed by atoms with E-state index in [1.807, 2.05) is 0 Å². The van der Waals surface area contributed by atoms with Crippen LogP contribution in [0.4, 0.5) is 0 Å². The quantitative estimate of drug-likeness (QED) is 0.759. The first kappa shape index (κ1) is 12.4. The average Bonchev–Trinajstić information content (AvgIpc) is 2.68. The number of nitrogens with one attached hydrogen (secondary N) is 1. The highest BCUT2D eigenvalue weighted by Gasteiger charge is 2.30. The highest BCUT2D eigenvalue weighted by molar-refractivity contribution is 4.87. The van der Waals surface area contributed by atoms with Gasteiger partial charge in [0.2, 0.25) is 0 Å². The fraction of sp³-hybridized carbons (Fsp3) is 1.00. The summed E-state index contributed by atoms with van der Waals surface area (Å²) in [5.41, 5.74) is 0.575. The lowest BCUT2D eigenvalue weighted by atomic mass is 9.75. The molecule has 0 heterocycles. The second kappa shape index (κ2) is 5.08. The lowest BCUT2D eigenvalue weighted by Crippen LogP contribution is -2.44. The molecule has 0 saturated heterocycles. The van der Waals surface area contributed by atoms with Gasteiger partial charge in [0.25, 0.3) is 0 Å². The molecule has 1 N–H and O–H groups in total. The normalized spacial score (nSPS) is 32.8. The minimum atomic E-state index is 0.575. The van der Waals surface area contributed by atoms with Gasteiger partial charge in [-0.05, 0) is 50.4 Å². The molecule has 0 bridgehead atoms. The van der Waals surface area contributed by atoms with Gasteiger partial charge in [-0.1, -0.05) is 33.1 Å². The van der Waals surface area contributed by atoms with Gasteiger partial charge in [-0.15, -0.1) is 0 Å². The molecule has 0 aromatic heterocycles. The van der Waals surface area contributed by atoms with Crippen molar-refractivity contribution in [3.05, 3.63) is 0 Å². The summed E-state index contributed by atoms with van der Waals surface area (Å²) in [7, 11) is 0. The topological polar surface area (TPSA) is 12.0 Å². The van der Waals surface area contributed by atoms with Crippen molar-refractivity contribution in [2.24, 2.45) is 11.3 Å². The summed E-state index contributed by atoms with van der Waals surface area (Å²) >= 11 is 0. The zero-order valence-corrected chi connectivity index (χ0v) is 11.4. The van der Waals surface area contributed by atoms with Crippen LogP contribution < -0.4 is 5.32 Å². The van der Waals surface area contributed by atoms with Crippen molar-refractivity contribution in [2.45, 2.75) is 84.2 Å². The molecule has 2 atom stereocenters. The molecule has 2 unspecified atom stereocenters. The van der Waals surface area contributed by atoms with E-state index in [9.17, 15) is 0 Å². The molecule has 0 spiro atoms. The van der Waals surface area contributed by atoms with Crippen molar-refractivity contribution in [3.63, 3.8) is 0 Å². The fourth-order valence-electron chi connectivity index (χ4n) is 3.81. The van der Waals surface area contributed by atoms with E-state index in [2.05, 4.69) is 26.1 Å². The minimum Gasteiger partial charge on any atom is -0.311 e. The highest BCUT2D eigenvalue weighted by atomic mass is 15.0. The summed E-state index contributed by atoms with van der Waals surface area (Å²) in [5.74, 6) is 0.963. The van der Waals surface area contributed by atoms with E-state index in [1.165, 1.54) is 51.4 Å². The Labute approximate surface area is 101 Å². The van der Waals surface area contributed by atoms with Crippen LogP contribution in [0.3, 0.4) is 0 Å². The van der Waals surface area contributed by atoms with Gasteiger partial charge < -0.3 is 5.32 Å². The Bertz CT molecular complexity index is 215. The van der Waals surface area contributed by atoms with Crippen molar-refractivity contribution in [3.8, 4) is 0 Å². The average molecular weight is 223 g/mol. The Kier molecular flexibility index (Phi) is 3.94. The number of hydrogen-bond donors (Lipinski definition) is 1. The van der Waals surface area contributed by atoms with Crippen LogP contribution in [0.5, 0.6) is 0 Å². The zero-order valence-electron chi connectivity index (χ0n) is 11.4. The Balaban J connectivity index is 1.79.